The van der Waals surface area contributed by atoms with E-state index in [-0.39, 0.29) is 24.0 Å². The van der Waals surface area contributed by atoms with Gasteiger partial charge < -0.3 is 10.2 Å². The van der Waals surface area contributed by atoms with Gasteiger partial charge in [0.15, 0.2) is 5.96 Å². The Bertz CT molecular complexity index is 648. The maximum Gasteiger partial charge on any atom is 0.193 e. The highest BCUT2D eigenvalue weighted by atomic mass is 127. The van der Waals surface area contributed by atoms with Gasteiger partial charge in [-0.15, -0.1) is 35.3 Å². The van der Waals surface area contributed by atoms with E-state index in [1.54, 1.807) is 11.3 Å². The molecule has 8 heteroatoms. The third-order valence-corrected chi connectivity index (χ3v) is 4.52. The summed E-state index contributed by atoms with van der Waals surface area (Å²) in [5, 5.41) is 8.73. The summed E-state index contributed by atoms with van der Waals surface area (Å²) in [6, 6.07) is 0. The Morgan fingerprint density at radius 2 is 2.17 bits per heavy atom. The minimum atomic E-state index is 0. The zero-order valence-corrected chi connectivity index (χ0v) is 17.5. The number of aryl methyl sites for hydroxylation is 3. The lowest BCUT2D eigenvalue weighted by molar-refractivity contribution is 0.477. The van der Waals surface area contributed by atoms with Crippen LogP contribution in [0.5, 0.6) is 0 Å². The fourth-order valence-corrected chi connectivity index (χ4v) is 3.32. The summed E-state index contributed by atoms with van der Waals surface area (Å²) < 4.78 is 1.81. The monoisotopic (exact) mass is 448 g/mol. The fourth-order valence-electron chi connectivity index (χ4n) is 2.38. The first-order chi connectivity index (χ1) is 10.5. The number of nitrogens with zero attached hydrogens (tertiary/aromatic N) is 5. The predicted molar refractivity (Wildman–Crippen MR) is 107 cm³/mol. The van der Waals surface area contributed by atoms with Gasteiger partial charge in [-0.3, -0.25) is 9.67 Å². The first-order valence-corrected chi connectivity index (χ1v) is 8.13. The second-order valence-corrected chi connectivity index (χ2v) is 6.63. The summed E-state index contributed by atoms with van der Waals surface area (Å²) >= 11 is 1.77. The molecule has 0 bridgehead atoms. The van der Waals surface area contributed by atoms with Crippen LogP contribution >= 0.6 is 35.3 Å². The van der Waals surface area contributed by atoms with E-state index in [0.29, 0.717) is 0 Å². The zero-order valence-electron chi connectivity index (χ0n) is 14.3. The highest BCUT2D eigenvalue weighted by Gasteiger charge is 2.09. The molecule has 2 aromatic rings. The molecule has 23 heavy (non-hydrogen) atoms. The third-order valence-electron chi connectivity index (χ3n) is 3.39. The van der Waals surface area contributed by atoms with Crippen molar-refractivity contribution in [2.45, 2.75) is 26.8 Å². The van der Waals surface area contributed by atoms with E-state index in [1.165, 1.54) is 10.4 Å². The second-order valence-electron chi connectivity index (χ2n) is 5.34. The number of hydrogen-bond donors (Lipinski definition) is 1. The van der Waals surface area contributed by atoms with Crippen LogP contribution in [0.1, 0.15) is 21.1 Å². The van der Waals surface area contributed by atoms with Gasteiger partial charge in [0.25, 0.3) is 0 Å². The number of guanidine groups is 1. The SMILES string of the molecule is CN=C(NCCc1sc(C)nc1C)N(C)Cc1cnn(C)c1.I. The Labute approximate surface area is 159 Å². The van der Waals surface area contributed by atoms with E-state index < -0.39 is 0 Å². The van der Waals surface area contributed by atoms with Crippen LogP contribution in [0.3, 0.4) is 0 Å². The molecule has 1 N–H and O–H groups in total. The Kier molecular flexibility index (Phi) is 7.97. The van der Waals surface area contributed by atoms with E-state index in [2.05, 4.69) is 39.1 Å². The normalized spacial score (nSPS) is 11.3. The summed E-state index contributed by atoms with van der Waals surface area (Å²) in [5.41, 5.74) is 2.31. The van der Waals surface area contributed by atoms with Gasteiger partial charge in [-0.05, 0) is 13.8 Å². The zero-order chi connectivity index (χ0) is 16.1. The van der Waals surface area contributed by atoms with Crippen molar-refractivity contribution in [2.24, 2.45) is 12.0 Å². The van der Waals surface area contributed by atoms with Crippen LogP contribution in [0.4, 0.5) is 0 Å². The van der Waals surface area contributed by atoms with Gasteiger partial charge in [0, 0.05) is 57.3 Å². The van der Waals surface area contributed by atoms with Crippen molar-refractivity contribution in [1.29, 1.82) is 0 Å². The lowest BCUT2D eigenvalue weighted by atomic mass is 10.3. The largest absolute Gasteiger partial charge is 0.356 e. The molecular formula is C15H25IN6S. The number of thiazole rings is 1. The van der Waals surface area contributed by atoms with Gasteiger partial charge in [-0.1, -0.05) is 0 Å². The second kappa shape index (κ2) is 9.21. The van der Waals surface area contributed by atoms with E-state index in [9.17, 15) is 0 Å². The first-order valence-electron chi connectivity index (χ1n) is 7.31. The maximum atomic E-state index is 4.46. The van der Waals surface area contributed by atoms with Crippen LogP contribution in [0, 0.1) is 13.8 Å². The molecule has 0 saturated carbocycles. The van der Waals surface area contributed by atoms with Crippen molar-refractivity contribution in [1.82, 2.24) is 25.0 Å². The number of rotatable bonds is 5. The molecule has 0 unspecified atom stereocenters. The molecule has 0 fully saturated rings. The molecule has 0 amide bonds. The fraction of sp³-hybridized carbons (Fsp3) is 0.533. The van der Waals surface area contributed by atoms with E-state index in [0.717, 1.165) is 36.2 Å². The van der Waals surface area contributed by atoms with Crippen LogP contribution in [0.2, 0.25) is 0 Å². The molecule has 0 aliphatic carbocycles. The molecule has 2 heterocycles. The van der Waals surface area contributed by atoms with Crippen LogP contribution < -0.4 is 5.32 Å². The lowest BCUT2D eigenvalue weighted by Gasteiger charge is -2.21. The molecular weight excluding hydrogens is 423 g/mol. The third kappa shape index (κ3) is 5.76. The van der Waals surface area contributed by atoms with Crippen molar-refractivity contribution in [2.75, 3.05) is 20.6 Å². The summed E-state index contributed by atoms with van der Waals surface area (Å²) in [7, 11) is 5.77. The van der Waals surface area contributed by atoms with Gasteiger partial charge >= 0.3 is 0 Å². The van der Waals surface area contributed by atoms with Crippen molar-refractivity contribution in [3.8, 4) is 0 Å². The predicted octanol–water partition coefficient (Wildman–Crippen LogP) is 2.36. The topological polar surface area (TPSA) is 58.3 Å². The Morgan fingerprint density at radius 3 is 2.70 bits per heavy atom. The quantitative estimate of drug-likeness (QED) is 0.434. The van der Waals surface area contributed by atoms with Crippen molar-refractivity contribution in [3.05, 3.63) is 33.5 Å². The van der Waals surface area contributed by atoms with Crippen LogP contribution in [-0.2, 0) is 20.0 Å². The van der Waals surface area contributed by atoms with Gasteiger partial charge in [0.2, 0.25) is 0 Å². The molecule has 6 nitrogen and oxygen atoms in total. The molecule has 2 rings (SSSR count). The Balaban J connectivity index is 0.00000264. The van der Waals surface area contributed by atoms with Gasteiger partial charge in [-0.25, -0.2) is 4.98 Å². The molecule has 0 aromatic carbocycles. The Hall–Kier alpha value is -1.16. The van der Waals surface area contributed by atoms with Crippen molar-refractivity contribution < 1.29 is 0 Å². The maximum absolute atomic E-state index is 4.46. The summed E-state index contributed by atoms with van der Waals surface area (Å²) in [6.45, 7) is 5.76. The van der Waals surface area contributed by atoms with Crippen molar-refractivity contribution >= 4 is 41.3 Å². The molecule has 2 aromatic heterocycles. The van der Waals surface area contributed by atoms with Gasteiger partial charge in [0.05, 0.1) is 16.9 Å². The average molecular weight is 448 g/mol. The number of aromatic nitrogens is 3. The van der Waals surface area contributed by atoms with Gasteiger partial charge in [0.1, 0.15) is 0 Å². The number of nitrogens with one attached hydrogen (secondary N) is 1. The van der Waals surface area contributed by atoms with E-state index in [4.69, 9.17) is 0 Å². The standard InChI is InChI=1S/C15H24N6S.HI/c1-11-14(22-12(2)19-11)6-7-17-15(16-3)20(4)9-13-8-18-21(5)10-13;/h8,10H,6-7,9H2,1-5H3,(H,16,17);1H. The number of halogens is 1. The molecule has 0 aliphatic heterocycles. The van der Waals surface area contributed by atoms with Gasteiger partial charge in [-0.2, -0.15) is 5.10 Å². The highest BCUT2D eigenvalue weighted by molar-refractivity contribution is 14.0. The van der Waals surface area contributed by atoms with E-state index >= 15 is 0 Å². The summed E-state index contributed by atoms with van der Waals surface area (Å²) in [4.78, 5) is 12.2. The smallest absolute Gasteiger partial charge is 0.193 e. The minimum absolute atomic E-state index is 0. The molecule has 0 radical (unpaired) electrons. The minimum Gasteiger partial charge on any atom is -0.356 e. The summed E-state index contributed by atoms with van der Waals surface area (Å²) in [5.74, 6) is 0.891. The molecule has 0 saturated heterocycles. The van der Waals surface area contributed by atoms with Crippen LogP contribution in [0.25, 0.3) is 0 Å². The highest BCUT2D eigenvalue weighted by Crippen LogP contribution is 2.17. The average Bonchev–Trinajstić information content (AvgIpc) is 3.00. The van der Waals surface area contributed by atoms with Crippen LogP contribution in [0.15, 0.2) is 17.4 Å². The Morgan fingerprint density at radius 1 is 1.43 bits per heavy atom. The molecule has 128 valence electrons. The number of aliphatic imine (C=N–C) groups is 1. The molecule has 0 aliphatic rings. The lowest BCUT2D eigenvalue weighted by Crippen LogP contribution is -2.39. The van der Waals surface area contributed by atoms with Crippen molar-refractivity contribution in [3.63, 3.8) is 0 Å². The summed E-state index contributed by atoms with van der Waals surface area (Å²) in [6.07, 6.45) is 4.87. The molecule has 0 atom stereocenters. The first kappa shape index (κ1) is 19.9. The van der Waals surface area contributed by atoms with E-state index in [1.807, 2.05) is 38.2 Å². The van der Waals surface area contributed by atoms with Crippen LogP contribution in [-0.4, -0.2) is 46.3 Å². The number of hydrogen-bond acceptors (Lipinski definition) is 4. The molecule has 0 spiro atoms.